The van der Waals surface area contributed by atoms with Gasteiger partial charge in [-0.1, -0.05) is 50.9 Å². The Bertz CT molecular complexity index is 2640. The molecule has 21 nitrogen and oxygen atoms in total. The number of imidazole rings is 1. The number of nitrogens with zero attached hydrogens (tertiary/aromatic N) is 5. The standard InChI is InChI=1S/C54H79Cl2N7O14S/c1-15-35-54(10)37(44(50(69)77-54)78-17-16-63-24-60-39-40(63)31(21-59-47(39)57)48(67)61-38-32(55)22-58-23-33(38)56)27(4)41(64)25(2)19-53(9,71-14)46(76-51-42(65)34(62(11)12)18-26(3)72-51)28(5)43(29(6)49(68)74-35)75-36-20-52(8,70-13)45(66)30(7)73-36/h21-30,34-37,42-46,51,65-66H,15-20H2,1-14H3,(H2,57,59)(H,58,61,67)/t25-,26-,27-,28+,29-,30+,34+,35-,36+,37+,42-,43+,44+,45+,46-,51+,52-,53-,54-/m1/s1. The second-order valence-corrected chi connectivity index (χ2v) is 24.6. The molecule has 4 fully saturated rings. The lowest BCUT2D eigenvalue weighted by Crippen LogP contribution is -2.61. The fourth-order valence-corrected chi connectivity index (χ4v) is 14.2. The first-order valence-electron chi connectivity index (χ1n) is 26.7. The number of ketones is 1. The van der Waals surface area contributed by atoms with Gasteiger partial charge in [0.15, 0.2) is 24.0 Å². The van der Waals surface area contributed by atoms with Crippen LogP contribution in [0, 0.1) is 29.6 Å². The fourth-order valence-electron chi connectivity index (χ4n) is 12.3. The summed E-state index contributed by atoms with van der Waals surface area (Å²) in [5, 5.41) is 25.1. The van der Waals surface area contributed by atoms with Crippen molar-refractivity contribution < 1.29 is 67.3 Å². The number of thioether (sulfide) groups is 1. The number of aliphatic hydroxyl groups excluding tert-OH is 2. The van der Waals surface area contributed by atoms with E-state index in [9.17, 15) is 19.8 Å². The van der Waals surface area contributed by atoms with E-state index in [1.807, 2.05) is 53.6 Å². The third-order valence-corrected chi connectivity index (χ3v) is 18.7. The number of esters is 2. The van der Waals surface area contributed by atoms with Gasteiger partial charge in [-0.05, 0) is 74.9 Å². The first-order valence-corrected chi connectivity index (χ1v) is 28.5. The van der Waals surface area contributed by atoms with Crippen LogP contribution in [0.1, 0.15) is 105 Å². The topological polar surface area (TPSA) is 267 Å². The van der Waals surface area contributed by atoms with Crippen LogP contribution in [-0.4, -0.2) is 176 Å². The molecule has 3 aromatic rings. The first kappa shape index (κ1) is 61.8. The minimum absolute atomic E-state index is 0.0854. The molecule has 0 spiro atoms. The number of aryl methyl sites for hydroxylation is 1. The Morgan fingerprint density at radius 3 is 2.23 bits per heavy atom. The number of methoxy groups -OCH3 is 2. The van der Waals surface area contributed by atoms with Crippen molar-refractivity contribution in [3.63, 3.8) is 0 Å². The lowest BCUT2D eigenvalue weighted by atomic mass is 9.70. The number of rotatable bonds is 14. The van der Waals surface area contributed by atoms with Gasteiger partial charge < -0.3 is 68.6 Å². The quantitative estimate of drug-likeness (QED) is 0.128. The summed E-state index contributed by atoms with van der Waals surface area (Å²) in [5.74, 6) is -5.96. The highest BCUT2D eigenvalue weighted by Gasteiger charge is 2.62. The molecule has 434 valence electrons. The smallest absolute Gasteiger partial charge is 0.320 e. The molecule has 4 aliphatic rings. The predicted octanol–water partition coefficient (Wildman–Crippen LogP) is 6.34. The van der Waals surface area contributed by atoms with Gasteiger partial charge in [-0.25, -0.2) is 9.97 Å². The lowest BCUT2D eigenvalue weighted by molar-refractivity contribution is -0.319. The molecule has 1 amide bonds. The Morgan fingerprint density at radius 1 is 0.936 bits per heavy atom. The monoisotopic (exact) mass is 1150 g/mol. The number of ether oxygens (including phenoxy) is 8. The van der Waals surface area contributed by atoms with Gasteiger partial charge in [-0.3, -0.25) is 24.2 Å². The van der Waals surface area contributed by atoms with Crippen LogP contribution in [-0.2, 0) is 58.8 Å². The van der Waals surface area contributed by atoms with Crippen molar-refractivity contribution in [2.24, 2.45) is 29.6 Å². The molecule has 3 aromatic heterocycles. The molecule has 5 N–H and O–H groups in total. The minimum atomic E-state index is -1.51. The van der Waals surface area contributed by atoms with Crippen molar-refractivity contribution in [1.82, 2.24) is 24.4 Å². The lowest BCUT2D eigenvalue weighted by Gasteiger charge is -2.50. The minimum Gasteiger partial charge on any atom is -0.458 e. The summed E-state index contributed by atoms with van der Waals surface area (Å²) in [7, 11) is 6.78. The van der Waals surface area contributed by atoms with Gasteiger partial charge in [-0.15, -0.1) is 11.8 Å². The summed E-state index contributed by atoms with van der Waals surface area (Å²) in [6.45, 7) is 18.1. The summed E-state index contributed by atoms with van der Waals surface area (Å²) >= 11 is 13.9. The molecular weight excluding hydrogens is 1070 g/mol. The number of pyridine rings is 2. The normalized spacial score (nSPS) is 38.2. The van der Waals surface area contributed by atoms with E-state index in [0.29, 0.717) is 11.9 Å². The molecule has 0 radical (unpaired) electrons. The third kappa shape index (κ3) is 12.2. The number of carbonyl (C=O) groups excluding carboxylic acids is 4. The highest BCUT2D eigenvalue weighted by Crippen LogP contribution is 2.50. The number of nitrogen functional groups attached to an aromatic ring is 1. The van der Waals surface area contributed by atoms with Crippen LogP contribution >= 0.6 is 35.0 Å². The average molecular weight is 1150 g/mol. The van der Waals surface area contributed by atoms with Crippen LogP contribution in [0.3, 0.4) is 0 Å². The Hall–Kier alpha value is -3.78. The summed E-state index contributed by atoms with van der Waals surface area (Å²) in [5.41, 5.74) is 3.27. The number of likely N-dealkylation sites (N-methyl/N-ethyl adjacent to an activating group) is 1. The predicted molar refractivity (Wildman–Crippen MR) is 293 cm³/mol. The maximum absolute atomic E-state index is 15.3. The molecule has 0 bridgehead atoms. The van der Waals surface area contributed by atoms with Gasteiger partial charge >= 0.3 is 11.9 Å². The van der Waals surface area contributed by atoms with Gasteiger partial charge in [0, 0.05) is 81.2 Å². The Morgan fingerprint density at radius 2 is 1.60 bits per heavy atom. The van der Waals surface area contributed by atoms with Gasteiger partial charge in [0.1, 0.15) is 34.9 Å². The van der Waals surface area contributed by atoms with Crippen molar-refractivity contribution in [2.45, 2.75) is 185 Å². The zero-order valence-corrected chi connectivity index (χ0v) is 49.4. The molecular formula is C54H79Cl2N7O14S. The van der Waals surface area contributed by atoms with E-state index in [2.05, 4.69) is 20.3 Å². The molecule has 7 heterocycles. The maximum Gasteiger partial charge on any atom is 0.320 e. The summed E-state index contributed by atoms with van der Waals surface area (Å²) in [6.07, 6.45) is -2.00. The second-order valence-electron chi connectivity index (χ2n) is 22.5. The number of nitrogens with two attached hydrogens (primary N) is 1. The van der Waals surface area contributed by atoms with Gasteiger partial charge in [0.2, 0.25) is 0 Å². The number of cyclic esters (lactones) is 1. The number of anilines is 2. The Balaban J connectivity index is 1.25. The Kier molecular flexibility index (Phi) is 19.6. The molecule has 0 aromatic carbocycles. The van der Waals surface area contributed by atoms with Crippen LogP contribution in [0.15, 0.2) is 24.9 Å². The van der Waals surface area contributed by atoms with E-state index in [1.54, 1.807) is 39.2 Å². The molecule has 0 aliphatic carbocycles. The van der Waals surface area contributed by atoms with Crippen molar-refractivity contribution in [3.8, 4) is 0 Å². The molecule has 0 saturated carbocycles. The SMILES string of the molecule is CC[C@H]1OC(=O)[C@H](C)[C@@H](O[C@H]2C[C@@](C)(OC)[C@@H](O)[C@H](C)O2)[C@H](C)[C@@H](O[C@@H]2O[C@H](C)C[C@H](N(C)C)[C@H]2O)[C@](C)(OC)C[C@@H](C)C(=O)[C@H](C)[C@H]2[C@H](SCCn3cnc4c(N)ncc(C(=O)Nc5c(Cl)cncc5Cl)c43)C(=O)O[C@@]21C. The van der Waals surface area contributed by atoms with E-state index in [4.69, 9.17) is 66.8 Å². The van der Waals surface area contributed by atoms with E-state index in [-0.39, 0.29) is 82.1 Å². The fraction of sp³-hybridized carbons (Fsp3) is 0.722. The number of hydrogen-bond acceptors (Lipinski definition) is 20. The number of carbonyl (C=O) groups is 4. The number of aliphatic hydroxyl groups is 2. The summed E-state index contributed by atoms with van der Waals surface area (Å²) < 4.78 is 53.6. The molecule has 7 rings (SSSR count). The highest BCUT2D eigenvalue weighted by molar-refractivity contribution is 8.00. The number of nitrogens with one attached hydrogen (secondary N) is 1. The number of aromatic nitrogens is 4. The zero-order chi connectivity index (χ0) is 57.5. The second kappa shape index (κ2) is 24.7. The number of Topliss-reactive ketones (excluding diaryl/α,β-unsaturated/α-hetero) is 1. The van der Waals surface area contributed by atoms with Crippen LogP contribution in [0.25, 0.3) is 11.0 Å². The van der Waals surface area contributed by atoms with Crippen molar-refractivity contribution in [2.75, 3.05) is 45.1 Å². The van der Waals surface area contributed by atoms with Crippen LogP contribution < -0.4 is 11.1 Å². The van der Waals surface area contributed by atoms with Crippen molar-refractivity contribution >= 4 is 81.1 Å². The van der Waals surface area contributed by atoms with E-state index < -0.39 is 119 Å². The van der Waals surface area contributed by atoms with Crippen molar-refractivity contribution in [1.29, 1.82) is 0 Å². The third-order valence-electron chi connectivity index (χ3n) is 16.9. The number of fused-ring (bicyclic) bond motifs is 2. The van der Waals surface area contributed by atoms with E-state index in [0.717, 1.165) is 0 Å². The van der Waals surface area contributed by atoms with Crippen LogP contribution in [0.4, 0.5) is 11.5 Å². The highest BCUT2D eigenvalue weighted by atomic mass is 35.5. The zero-order valence-electron chi connectivity index (χ0n) is 47.1. The molecule has 24 heteroatoms. The number of amides is 1. The summed E-state index contributed by atoms with van der Waals surface area (Å²) in [4.78, 5) is 73.4. The first-order chi connectivity index (χ1) is 36.6. The molecule has 0 unspecified atom stereocenters. The van der Waals surface area contributed by atoms with Gasteiger partial charge in [0.25, 0.3) is 5.91 Å². The average Bonchev–Trinajstić information content (AvgIpc) is 3.93. The molecule has 4 aliphatic heterocycles. The number of hydrogen-bond donors (Lipinski definition) is 4. The van der Waals surface area contributed by atoms with Gasteiger partial charge in [-0.2, -0.15) is 0 Å². The molecule has 78 heavy (non-hydrogen) atoms. The Labute approximate surface area is 470 Å². The van der Waals surface area contributed by atoms with E-state index in [1.165, 1.54) is 50.9 Å². The maximum atomic E-state index is 15.3. The summed E-state index contributed by atoms with van der Waals surface area (Å²) in [6, 6.07) is -0.334. The van der Waals surface area contributed by atoms with E-state index >= 15 is 9.59 Å². The molecule has 19 atom stereocenters. The number of halogens is 2. The van der Waals surface area contributed by atoms with Crippen molar-refractivity contribution in [3.05, 3.63) is 40.5 Å². The van der Waals surface area contributed by atoms with Gasteiger partial charge in [0.05, 0.1) is 74.7 Å². The van der Waals surface area contributed by atoms with Crippen LogP contribution in [0.5, 0.6) is 0 Å². The van der Waals surface area contributed by atoms with Crippen LogP contribution in [0.2, 0.25) is 10.0 Å². The largest absolute Gasteiger partial charge is 0.458 e. The molecule has 4 saturated heterocycles.